The average Bonchev–Trinajstić information content (AvgIpc) is 2.69. The van der Waals surface area contributed by atoms with Crippen molar-refractivity contribution >= 4 is 11.3 Å². The van der Waals surface area contributed by atoms with Crippen LogP contribution in [0.3, 0.4) is 0 Å². The zero-order valence-electron chi connectivity index (χ0n) is 11.3. The summed E-state index contributed by atoms with van der Waals surface area (Å²) in [6, 6.07) is 1.77. The molecule has 0 unspecified atom stereocenters. The van der Waals surface area contributed by atoms with Crippen LogP contribution in [0.5, 0.6) is 0 Å². The van der Waals surface area contributed by atoms with Crippen LogP contribution in [0, 0.1) is 13.8 Å². The molecule has 5 heteroatoms. The highest BCUT2D eigenvalue weighted by Gasteiger charge is 2.14. The minimum Gasteiger partial charge on any atom is -0.268 e. The maximum atomic E-state index is 12.1. The van der Waals surface area contributed by atoms with Crippen LogP contribution in [0.2, 0.25) is 0 Å². The number of thiazole rings is 1. The van der Waals surface area contributed by atoms with Crippen molar-refractivity contribution in [1.82, 2.24) is 14.8 Å². The van der Waals surface area contributed by atoms with Crippen LogP contribution in [0.1, 0.15) is 39.7 Å². The van der Waals surface area contributed by atoms with Gasteiger partial charge in [0.2, 0.25) is 0 Å². The van der Waals surface area contributed by atoms with Crippen LogP contribution in [0.25, 0.3) is 0 Å². The van der Waals surface area contributed by atoms with Crippen molar-refractivity contribution in [2.45, 2.75) is 46.1 Å². The molecule has 1 aliphatic carbocycles. The highest BCUT2D eigenvalue weighted by molar-refractivity contribution is 7.11. The van der Waals surface area contributed by atoms with Crippen molar-refractivity contribution in [3.05, 3.63) is 43.3 Å². The first-order valence-electron chi connectivity index (χ1n) is 6.66. The molecule has 100 valence electrons. The van der Waals surface area contributed by atoms with Gasteiger partial charge in [0.25, 0.3) is 5.56 Å². The second kappa shape index (κ2) is 4.89. The van der Waals surface area contributed by atoms with Crippen molar-refractivity contribution in [3.8, 4) is 0 Å². The molecule has 0 radical (unpaired) electrons. The summed E-state index contributed by atoms with van der Waals surface area (Å²) >= 11 is 1.64. The van der Waals surface area contributed by atoms with Crippen molar-refractivity contribution in [1.29, 1.82) is 0 Å². The Morgan fingerprint density at radius 1 is 1.32 bits per heavy atom. The molecule has 2 aromatic heterocycles. The fourth-order valence-corrected chi connectivity index (χ4v) is 3.49. The fraction of sp³-hybridized carbons (Fsp3) is 0.500. The lowest BCUT2D eigenvalue weighted by Gasteiger charge is -2.15. The van der Waals surface area contributed by atoms with Crippen molar-refractivity contribution < 1.29 is 0 Å². The molecule has 3 rings (SSSR count). The Morgan fingerprint density at radius 3 is 2.84 bits per heavy atom. The van der Waals surface area contributed by atoms with E-state index < -0.39 is 0 Å². The molecule has 0 bridgehead atoms. The number of hydrogen-bond acceptors (Lipinski definition) is 4. The van der Waals surface area contributed by atoms with Crippen LogP contribution >= 0.6 is 11.3 Å². The van der Waals surface area contributed by atoms with E-state index in [-0.39, 0.29) is 5.56 Å². The summed E-state index contributed by atoms with van der Waals surface area (Å²) in [5.74, 6) is 0. The molecule has 1 aliphatic rings. The summed E-state index contributed by atoms with van der Waals surface area (Å²) in [7, 11) is 0. The average molecular weight is 275 g/mol. The van der Waals surface area contributed by atoms with E-state index in [2.05, 4.69) is 10.1 Å². The Balaban J connectivity index is 1.97. The van der Waals surface area contributed by atoms with Gasteiger partial charge < -0.3 is 0 Å². The summed E-state index contributed by atoms with van der Waals surface area (Å²) in [6.45, 7) is 4.52. The maximum Gasteiger partial charge on any atom is 0.267 e. The molecule has 19 heavy (non-hydrogen) atoms. The van der Waals surface area contributed by atoms with E-state index in [1.54, 1.807) is 22.1 Å². The van der Waals surface area contributed by atoms with E-state index in [4.69, 9.17) is 0 Å². The first kappa shape index (κ1) is 12.5. The van der Waals surface area contributed by atoms with Gasteiger partial charge in [0, 0.05) is 10.9 Å². The lowest BCUT2D eigenvalue weighted by molar-refractivity contribution is 0.576. The molecule has 0 fully saturated rings. The normalized spacial score (nSPS) is 14.4. The first-order valence-corrected chi connectivity index (χ1v) is 7.48. The quantitative estimate of drug-likeness (QED) is 0.844. The van der Waals surface area contributed by atoms with E-state index in [0.29, 0.717) is 6.54 Å². The Bertz CT molecular complexity index is 672. The lowest BCUT2D eigenvalue weighted by atomic mass is 9.97. The third-order valence-electron chi connectivity index (χ3n) is 3.57. The van der Waals surface area contributed by atoms with Gasteiger partial charge in [-0.25, -0.2) is 9.67 Å². The van der Waals surface area contributed by atoms with E-state index in [9.17, 15) is 4.79 Å². The third-order valence-corrected chi connectivity index (χ3v) is 4.62. The molecule has 2 heterocycles. The Kier molecular flexibility index (Phi) is 3.22. The number of aromatic nitrogens is 3. The molecule has 0 aromatic carbocycles. The monoisotopic (exact) mass is 275 g/mol. The predicted octanol–water partition coefficient (Wildman–Crippen LogP) is 2.24. The maximum absolute atomic E-state index is 12.1. The van der Waals surface area contributed by atoms with Gasteiger partial charge in [-0.3, -0.25) is 4.79 Å². The molecule has 4 nitrogen and oxygen atoms in total. The molecular weight excluding hydrogens is 258 g/mol. The molecule has 0 N–H and O–H groups in total. The van der Waals surface area contributed by atoms with E-state index in [0.717, 1.165) is 39.7 Å². The van der Waals surface area contributed by atoms with E-state index in [1.165, 1.54) is 12.8 Å². The summed E-state index contributed by atoms with van der Waals surface area (Å²) in [5.41, 5.74) is 3.26. The summed E-state index contributed by atoms with van der Waals surface area (Å²) in [6.07, 6.45) is 4.34. The van der Waals surface area contributed by atoms with Crippen molar-refractivity contribution in [2.24, 2.45) is 0 Å². The van der Waals surface area contributed by atoms with Crippen LogP contribution in [-0.2, 0) is 19.4 Å². The van der Waals surface area contributed by atoms with Crippen molar-refractivity contribution in [3.63, 3.8) is 0 Å². The topological polar surface area (TPSA) is 47.8 Å². The second-order valence-corrected chi connectivity index (χ2v) is 6.35. The molecule has 0 spiro atoms. The summed E-state index contributed by atoms with van der Waals surface area (Å²) in [5, 5.41) is 5.58. The van der Waals surface area contributed by atoms with Gasteiger partial charge in [0.1, 0.15) is 0 Å². The van der Waals surface area contributed by atoms with Gasteiger partial charge in [-0.05, 0) is 45.1 Å². The molecule has 0 saturated carbocycles. The van der Waals surface area contributed by atoms with Gasteiger partial charge >= 0.3 is 0 Å². The van der Waals surface area contributed by atoms with Gasteiger partial charge in [0.15, 0.2) is 0 Å². The first-order chi connectivity index (χ1) is 9.13. The summed E-state index contributed by atoms with van der Waals surface area (Å²) in [4.78, 5) is 17.6. The molecule has 0 saturated heterocycles. The molecule has 2 aromatic rings. The highest BCUT2D eigenvalue weighted by Crippen LogP contribution is 2.19. The standard InChI is InChI=1S/C14H17N3OS/c1-9-13(19-10(2)15-9)8-17-14(18)7-11-5-3-4-6-12(11)16-17/h7H,3-6,8H2,1-2H3. The van der Waals surface area contributed by atoms with Crippen LogP contribution in [0.4, 0.5) is 0 Å². The zero-order chi connectivity index (χ0) is 13.4. The van der Waals surface area contributed by atoms with Gasteiger partial charge in [-0.1, -0.05) is 0 Å². The summed E-state index contributed by atoms with van der Waals surface area (Å²) < 4.78 is 1.59. The minimum absolute atomic E-state index is 0.00565. The molecule has 0 atom stereocenters. The number of fused-ring (bicyclic) bond motifs is 1. The number of hydrogen-bond donors (Lipinski definition) is 0. The number of rotatable bonds is 2. The van der Waals surface area contributed by atoms with E-state index in [1.807, 2.05) is 13.8 Å². The predicted molar refractivity (Wildman–Crippen MR) is 75.8 cm³/mol. The largest absolute Gasteiger partial charge is 0.268 e. The third kappa shape index (κ3) is 2.47. The smallest absolute Gasteiger partial charge is 0.267 e. The molecule has 0 aliphatic heterocycles. The fourth-order valence-electron chi connectivity index (χ4n) is 2.57. The van der Waals surface area contributed by atoms with Crippen LogP contribution in [-0.4, -0.2) is 14.8 Å². The molecule has 0 amide bonds. The van der Waals surface area contributed by atoms with Crippen LogP contribution < -0.4 is 5.56 Å². The second-order valence-electron chi connectivity index (χ2n) is 5.06. The SMILES string of the molecule is Cc1nc(C)c(Cn2nc3c(cc2=O)CCCC3)s1. The Labute approximate surface area is 116 Å². The van der Waals surface area contributed by atoms with Gasteiger partial charge in [0.05, 0.1) is 22.9 Å². The van der Waals surface area contributed by atoms with Crippen LogP contribution in [0.15, 0.2) is 10.9 Å². The number of nitrogens with zero attached hydrogens (tertiary/aromatic N) is 3. The Morgan fingerprint density at radius 2 is 2.11 bits per heavy atom. The Hall–Kier alpha value is -1.49. The van der Waals surface area contributed by atoms with Gasteiger partial charge in [-0.2, -0.15) is 5.10 Å². The molecular formula is C14H17N3OS. The highest BCUT2D eigenvalue weighted by atomic mass is 32.1. The minimum atomic E-state index is 0.00565. The van der Waals surface area contributed by atoms with Crippen molar-refractivity contribution in [2.75, 3.05) is 0 Å². The lowest BCUT2D eigenvalue weighted by Crippen LogP contribution is -2.26. The number of aryl methyl sites for hydroxylation is 4. The van der Waals surface area contributed by atoms with E-state index >= 15 is 0 Å². The van der Waals surface area contributed by atoms with Gasteiger partial charge in [-0.15, -0.1) is 11.3 Å². The zero-order valence-corrected chi connectivity index (χ0v) is 12.1.